The van der Waals surface area contributed by atoms with Crippen molar-refractivity contribution in [2.45, 2.75) is 52.9 Å². The fraction of sp³-hybridized carbons (Fsp3) is 0.600. The summed E-state index contributed by atoms with van der Waals surface area (Å²) in [5.41, 5.74) is 2.41. The van der Waals surface area contributed by atoms with E-state index in [4.69, 9.17) is 0 Å². The second kappa shape index (κ2) is 7.84. The molecule has 4 nitrogen and oxygen atoms in total. The molecule has 2 atom stereocenters. The average molecular weight is 452 g/mol. The molecule has 0 fully saturated rings. The van der Waals surface area contributed by atoms with Crippen molar-refractivity contribution in [3.05, 3.63) is 24.5 Å². The normalized spacial score (nSPS) is 17.4. The molecule has 0 saturated carbocycles. The maximum atomic E-state index is 4.59. The van der Waals surface area contributed by atoms with Gasteiger partial charge >= 0.3 is 0 Å². The van der Waals surface area contributed by atoms with Crippen LogP contribution in [0.4, 0.5) is 5.95 Å². The number of hydrazone groups is 1. The third-order valence-corrected chi connectivity index (χ3v) is 3.94. The minimum absolute atomic E-state index is 0. The quantitative estimate of drug-likeness (QED) is 0.640. The van der Waals surface area contributed by atoms with Crippen molar-refractivity contribution in [2.24, 2.45) is 11.0 Å². The summed E-state index contributed by atoms with van der Waals surface area (Å²) in [5, 5.41) is 6.40. The van der Waals surface area contributed by atoms with Gasteiger partial charge in [0.2, 0.25) is 5.95 Å². The fourth-order valence-electron chi connectivity index (χ4n) is 2.00. The summed E-state index contributed by atoms with van der Waals surface area (Å²) in [7, 11) is 0. The Bertz CT molecular complexity index is 444. The molecule has 1 aliphatic rings. The second-order valence-electron chi connectivity index (χ2n) is 5.26. The van der Waals surface area contributed by atoms with E-state index in [0.29, 0.717) is 17.8 Å². The summed E-state index contributed by atoms with van der Waals surface area (Å²) >= 11 is 0. The third-order valence-electron chi connectivity index (χ3n) is 3.94. The molecule has 2 heterocycles. The predicted molar refractivity (Wildman–Crippen MR) is 79.0 cm³/mol. The minimum Gasteiger partial charge on any atom is -0.383 e. The Morgan fingerprint density at radius 1 is 1.15 bits per heavy atom. The van der Waals surface area contributed by atoms with E-state index in [0.717, 1.165) is 19.3 Å². The Morgan fingerprint density at radius 3 is 2.30 bits per heavy atom. The van der Waals surface area contributed by atoms with Gasteiger partial charge in [0.15, 0.2) is 0 Å². The van der Waals surface area contributed by atoms with Gasteiger partial charge in [-0.2, -0.15) is 0 Å². The number of aromatic nitrogens is 2. The molecule has 0 spiro atoms. The van der Waals surface area contributed by atoms with Crippen molar-refractivity contribution < 1.29 is 20.1 Å². The van der Waals surface area contributed by atoms with Crippen LogP contribution in [0.15, 0.2) is 17.5 Å². The van der Waals surface area contributed by atoms with Crippen LogP contribution in [0.5, 0.6) is 0 Å². The smallest absolute Gasteiger partial charge is 0.215 e. The van der Waals surface area contributed by atoms with Gasteiger partial charge in [-0.25, -0.2) is 21.6 Å². The molecule has 2 rings (SSSR count). The van der Waals surface area contributed by atoms with Gasteiger partial charge in [0.1, 0.15) is 0 Å². The van der Waals surface area contributed by atoms with Crippen LogP contribution in [-0.4, -0.2) is 15.7 Å². The molecule has 113 valence electrons. The van der Waals surface area contributed by atoms with E-state index < -0.39 is 0 Å². The number of nitrogens with zero attached hydrogens (tertiary/aromatic N) is 4. The number of rotatable bonds is 5. The van der Waals surface area contributed by atoms with Crippen LogP contribution in [0.3, 0.4) is 0 Å². The molecule has 0 saturated heterocycles. The Labute approximate surface area is 135 Å². The molecule has 1 radical (unpaired) electrons. The van der Waals surface area contributed by atoms with E-state index >= 15 is 0 Å². The van der Waals surface area contributed by atoms with E-state index in [9.17, 15) is 0 Å². The second-order valence-corrected chi connectivity index (χ2v) is 5.26. The zero-order valence-electron chi connectivity index (χ0n) is 12.6. The summed E-state index contributed by atoms with van der Waals surface area (Å²) in [4.78, 5) is 8.85. The Balaban J connectivity index is 0.00000200. The molecule has 0 bridgehead atoms. The number of hydrogen-bond donors (Lipinski definition) is 0. The van der Waals surface area contributed by atoms with Crippen LogP contribution >= 0.6 is 0 Å². The van der Waals surface area contributed by atoms with Gasteiger partial charge in [-0.15, -0.1) is 6.42 Å². The van der Waals surface area contributed by atoms with Crippen molar-refractivity contribution in [1.82, 2.24) is 9.97 Å². The molecule has 0 amide bonds. The van der Waals surface area contributed by atoms with E-state index in [-0.39, 0.29) is 20.1 Å². The topological polar surface area (TPSA) is 41.4 Å². The molecule has 2 unspecified atom stereocenters. The SMILES string of the molecule is CCC(C)C1=NN(c2ncc(C(C)CC)cn2)[CH-]C1.[Ir]. The van der Waals surface area contributed by atoms with Gasteiger partial charge in [-0.1, -0.05) is 27.7 Å². The van der Waals surface area contributed by atoms with Crippen LogP contribution in [0.2, 0.25) is 0 Å². The summed E-state index contributed by atoms with van der Waals surface area (Å²) in [6.45, 7) is 10.8. The molecule has 1 aromatic rings. The Kier molecular flexibility index (Phi) is 6.77. The first-order valence-electron chi connectivity index (χ1n) is 7.17. The molecule has 0 aliphatic carbocycles. The van der Waals surface area contributed by atoms with Crippen LogP contribution < -0.4 is 5.01 Å². The Morgan fingerprint density at radius 2 is 1.75 bits per heavy atom. The fourth-order valence-corrected chi connectivity index (χ4v) is 2.00. The molecular formula is C15H23IrN4-. The molecule has 1 aromatic heterocycles. The monoisotopic (exact) mass is 452 g/mol. The minimum atomic E-state index is 0. The van der Waals surface area contributed by atoms with Gasteiger partial charge < -0.3 is 5.01 Å². The largest absolute Gasteiger partial charge is 0.383 e. The molecular weight excluding hydrogens is 428 g/mol. The maximum absolute atomic E-state index is 4.59. The predicted octanol–water partition coefficient (Wildman–Crippen LogP) is 3.76. The standard InChI is InChI=1S/C15H23N4.Ir/c1-5-11(3)13-9-16-15(17-10-13)19-8-7-14(18-19)12(4)6-2;/h8-12H,5-7H2,1-4H3;/q-1;. The first kappa shape index (κ1) is 17.3. The first-order chi connectivity index (χ1) is 9.15. The van der Waals surface area contributed by atoms with Crippen LogP contribution in [0.1, 0.15) is 58.4 Å². The Hall–Kier alpha value is -0.801. The number of hydrogen-bond acceptors (Lipinski definition) is 4. The van der Waals surface area contributed by atoms with Gasteiger partial charge in [0.05, 0.1) is 0 Å². The maximum Gasteiger partial charge on any atom is 0.215 e. The zero-order valence-corrected chi connectivity index (χ0v) is 15.0. The van der Waals surface area contributed by atoms with Crippen molar-refractivity contribution in [1.29, 1.82) is 0 Å². The van der Waals surface area contributed by atoms with Crippen LogP contribution in [-0.2, 0) is 20.1 Å². The molecule has 0 N–H and O–H groups in total. The van der Waals surface area contributed by atoms with E-state index in [2.05, 4.69) is 49.3 Å². The van der Waals surface area contributed by atoms with Crippen molar-refractivity contribution in [2.75, 3.05) is 5.01 Å². The van der Waals surface area contributed by atoms with Gasteiger partial charge in [-0.3, -0.25) is 0 Å². The van der Waals surface area contributed by atoms with Gasteiger partial charge in [-0.05, 0) is 30.2 Å². The third kappa shape index (κ3) is 3.86. The van der Waals surface area contributed by atoms with Crippen molar-refractivity contribution >= 4 is 11.7 Å². The van der Waals surface area contributed by atoms with E-state index in [1.54, 1.807) is 0 Å². The van der Waals surface area contributed by atoms with Crippen molar-refractivity contribution in [3.63, 3.8) is 0 Å². The summed E-state index contributed by atoms with van der Waals surface area (Å²) in [6.07, 6.45) is 6.97. The molecule has 20 heavy (non-hydrogen) atoms. The zero-order chi connectivity index (χ0) is 13.8. The molecule has 5 heteroatoms. The molecule has 1 aliphatic heterocycles. The summed E-state index contributed by atoms with van der Waals surface area (Å²) < 4.78 is 0. The van der Waals surface area contributed by atoms with Crippen molar-refractivity contribution in [3.8, 4) is 0 Å². The number of anilines is 1. The average Bonchev–Trinajstić information content (AvgIpc) is 2.95. The van der Waals surface area contributed by atoms with E-state index in [1.165, 1.54) is 11.3 Å². The van der Waals surface area contributed by atoms with E-state index in [1.807, 2.05) is 17.4 Å². The van der Waals surface area contributed by atoms with Gasteiger partial charge in [0.25, 0.3) is 0 Å². The first-order valence-corrected chi connectivity index (χ1v) is 7.17. The van der Waals surface area contributed by atoms with Crippen LogP contribution in [0, 0.1) is 12.5 Å². The van der Waals surface area contributed by atoms with Gasteiger partial charge in [0, 0.05) is 38.2 Å². The molecule has 0 aromatic carbocycles. The summed E-state index contributed by atoms with van der Waals surface area (Å²) in [6, 6.07) is 0. The van der Waals surface area contributed by atoms with Crippen LogP contribution in [0.25, 0.3) is 0 Å². The summed E-state index contributed by atoms with van der Waals surface area (Å²) in [5.74, 6) is 1.71.